The van der Waals surface area contributed by atoms with E-state index in [0.717, 1.165) is 30.8 Å². The lowest BCUT2D eigenvalue weighted by Gasteiger charge is -2.23. The molecule has 1 aliphatic heterocycles. The Balaban J connectivity index is 1.76. The number of nitrogens with one attached hydrogen (secondary N) is 1. The van der Waals surface area contributed by atoms with Gasteiger partial charge < -0.3 is 16.0 Å². The van der Waals surface area contributed by atoms with Crippen LogP contribution in [0.2, 0.25) is 0 Å². The van der Waals surface area contributed by atoms with E-state index in [9.17, 15) is 4.79 Å². The number of amides is 1. The summed E-state index contributed by atoms with van der Waals surface area (Å²) in [5.41, 5.74) is 8.10. The topological polar surface area (TPSA) is 84.1 Å². The number of hydrogen-bond donors (Lipinski definition) is 2. The molecular formula is C17H21N5O. The molecule has 0 aliphatic carbocycles. The molecule has 0 spiro atoms. The van der Waals surface area contributed by atoms with Crippen molar-refractivity contribution < 1.29 is 4.79 Å². The van der Waals surface area contributed by atoms with Gasteiger partial charge in [-0.1, -0.05) is 6.07 Å². The highest BCUT2D eigenvalue weighted by Gasteiger charge is 2.28. The fourth-order valence-electron chi connectivity index (χ4n) is 2.86. The maximum atomic E-state index is 12.7. The van der Waals surface area contributed by atoms with Crippen LogP contribution in [0.1, 0.15) is 28.9 Å². The molecule has 1 amide bonds. The molecular weight excluding hydrogens is 290 g/mol. The molecule has 0 bridgehead atoms. The highest BCUT2D eigenvalue weighted by atomic mass is 16.2. The summed E-state index contributed by atoms with van der Waals surface area (Å²) in [5.74, 6) is 0.692. The van der Waals surface area contributed by atoms with Crippen molar-refractivity contribution in [2.75, 3.05) is 18.4 Å². The zero-order valence-electron chi connectivity index (χ0n) is 13.2. The number of nitrogens with two attached hydrogens (primary N) is 1. The molecule has 0 radical (unpaired) electrons. The van der Waals surface area contributed by atoms with Gasteiger partial charge in [-0.05, 0) is 50.1 Å². The van der Waals surface area contributed by atoms with Crippen LogP contribution in [-0.2, 0) is 0 Å². The molecule has 23 heavy (non-hydrogen) atoms. The smallest absolute Gasteiger partial charge is 0.254 e. The summed E-state index contributed by atoms with van der Waals surface area (Å²) in [4.78, 5) is 14.6. The van der Waals surface area contributed by atoms with Crippen molar-refractivity contribution in [3.05, 3.63) is 47.7 Å². The van der Waals surface area contributed by atoms with Crippen molar-refractivity contribution in [3.63, 3.8) is 0 Å². The van der Waals surface area contributed by atoms with E-state index in [2.05, 4.69) is 15.5 Å². The number of hydrogen-bond acceptors (Lipinski definition) is 5. The van der Waals surface area contributed by atoms with E-state index in [0.29, 0.717) is 17.9 Å². The maximum Gasteiger partial charge on any atom is 0.254 e. The second kappa shape index (κ2) is 6.75. The molecule has 120 valence electrons. The van der Waals surface area contributed by atoms with E-state index in [-0.39, 0.29) is 11.9 Å². The van der Waals surface area contributed by atoms with Crippen molar-refractivity contribution >= 4 is 17.4 Å². The Morgan fingerprint density at radius 2 is 2.22 bits per heavy atom. The highest BCUT2D eigenvalue weighted by molar-refractivity contribution is 5.95. The SMILES string of the molecule is Cc1ccc(Nc2cccc(C(=O)N3CCCC3CN)c2)nn1. The first-order valence-electron chi connectivity index (χ1n) is 7.86. The van der Waals surface area contributed by atoms with Crippen LogP contribution in [0, 0.1) is 6.92 Å². The van der Waals surface area contributed by atoms with Gasteiger partial charge in [0, 0.05) is 30.4 Å². The van der Waals surface area contributed by atoms with Crippen LogP contribution in [-0.4, -0.2) is 40.1 Å². The second-order valence-electron chi connectivity index (χ2n) is 5.80. The average Bonchev–Trinajstić information content (AvgIpc) is 3.05. The Hall–Kier alpha value is -2.47. The number of nitrogens with zero attached hydrogens (tertiary/aromatic N) is 3. The first-order valence-corrected chi connectivity index (χ1v) is 7.86. The monoisotopic (exact) mass is 311 g/mol. The molecule has 0 saturated carbocycles. The van der Waals surface area contributed by atoms with Gasteiger partial charge in [-0.2, -0.15) is 5.10 Å². The molecule has 1 saturated heterocycles. The Bertz CT molecular complexity index is 686. The third kappa shape index (κ3) is 3.48. The minimum Gasteiger partial charge on any atom is -0.339 e. The van der Waals surface area contributed by atoms with Gasteiger partial charge in [0.1, 0.15) is 0 Å². The molecule has 2 heterocycles. The Kier molecular flexibility index (Phi) is 4.52. The number of anilines is 2. The molecule has 1 fully saturated rings. The van der Waals surface area contributed by atoms with E-state index >= 15 is 0 Å². The number of rotatable bonds is 4. The Morgan fingerprint density at radius 3 is 2.96 bits per heavy atom. The van der Waals surface area contributed by atoms with Gasteiger partial charge >= 0.3 is 0 Å². The maximum absolute atomic E-state index is 12.7. The summed E-state index contributed by atoms with van der Waals surface area (Å²) in [5, 5.41) is 11.3. The fraction of sp³-hybridized carbons (Fsp3) is 0.353. The molecule has 6 nitrogen and oxygen atoms in total. The Labute approximate surface area is 135 Å². The molecule has 6 heteroatoms. The summed E-state index contributed by atoms with van der Waals surface area (Å²) in [6.07, 6.45) is 2.00. The fourth-order valence-corrected chi connectivity index (χ4v) is 2.86. The molecule has 3 rings (SSSR count). The second-order valence-corrected chi connectivity index (χ2v) is 5.80. The molecule has 3 N–H and O–H groups in total. The van der Waals surface area contributed by atoms with Crippen molar-refractivity contribution in [2.45, 2.75) is 25.8 Å². The van der Waals surface area contributed by atoms with E-state index in [1.807, 2.05) is 48.2 Å². The third-order valence-electron chi connectivity index (χ3n) is 4.09. The summed E-state index contributed by atoms with van der Waals surface area (Å²) >= 11 is 0. The van der Waals surface area contributed by atoms with Crippen LogP contribution < -0.4 is 11.1 Å². The van der Waals surface area contributed by atoms with Gasteiger partial charge in [0.05, 0.1) is 5.69 Å². The zero-order chi connectivity index (χ0) is 16.2. The number of carbonyl (C=O) groups excluding carboxylic acids is 1. The molecule has 2 aromatic rings. The van der Waals surface area contributed by atoms with Crippen molar-refractivity contribution in [1.29, 1.82) is 0 Å². The minimum absolute atomic E-state index is 0.0385. The van der Waals surface area contributed by atoms with Crippen LogP contribution in [0.3, 0.4) is 0 Å². The van der Waals surface area contributed by atoms with E-state index < -0.39 is 0 Å². The summed E-state index contributed by atoms with van der Waals surface area (Å²) in [7, 11) is 0. The average molecular weight is 311 g/mol. The highest BCUT2D eigenvalue weighted by Crippen LogP contribution is 2.22. The quantitative estimate of drug-likeness (QED) is 0.903. The summed E-state index contributed by atoms with van der Waals surface area (Å²) in [6.45, 7) is 3.18. The molecule has 1 aromatic heterocycles. The van der Waals surface area contributed by atoms with Gasteiger partial charge in [-0.25, -0.2) is 0 Å². The van der Waals surface area contributed by atoms with Crippen LogP contribution in [0.15, 0.2) is 36.4 Å². The van der Waals surface area contributed by atoms with Gasteiger partial charge in [0.15, 0.2) is 5.82 Å². The first-order chi connectivity index (χ1) is 11.2. The van der Waals surface area contributed by atoms with Crippen molar-refractivity contribution in [1.82, 2.24) is 15.1 Å². The predicted molar refractivity (Wildman–Crippen MR) is 89.6 cm³/mol. The normalized spacial score (nSPS) is 17.3. The lowest BCUT2D eigenvalue weighted by Crippen LogP contribution is -2.39. The van der Waals surface area contributed by atoms with Crippen LogP contribution in [0.5, 0.6) is 0 Å². The summed E-state index contributed by atoms with van der Waals surface area (Å²) in [6, 6.07) is 11.4. The van der Waals surface area contributed by atoms with Gasteiger partial charge in [0.2, 0.25) is 0 Å². The number of aryl methyl sites for hydroxylation is 1. The number of likely N-dealkylation sites (tertiary alicyclic amines) is 1. The first kappa shape index (κ1) is 15.4. The summed E-state index contributed by atoms with van der Waals surface area (Å²) < 4.78 is 0. The van der Waals surface area contributed by atoms with Crippen molar-refractivity contribution in [3.8, 4) is 0 Å². The van der Waals surface area contributed by atoms with Crippen molar-refractivity contribution in [2.24, 2.45) is 5.73 Å². The standard InChI is InChI=1S/C17H21N5O/c1-12-7-8-16(21-20-12)19-14-5-2-4-13(10-14)17(23)22-9-3-6-15(22)11-18/h2,4-5,7-8,10,15H,3,6,9,11,18H2,1H3,(H,19,21). The van der Waals surface area contributed by atoms with Crippen LogP contribution in [0.4, 0.5) is 11.5 Å². The number of benzene rings is 1. The van der Waals surface area contributed by atoms with Gasteiger partial charge in [0.25, 0.3) is 5.91 Å². The molecule has 1 unspecified atom stereocenters. The largest absolute Gasteiger partial charge is 0.339 e. The van der Waals surface area contributed by atoms with Gasteiger partial charge in [-0.3, -0.25) is 4.79 Å². The predicted octanol–water partition coefficient (Wildman–Crippen LogP) is 2.09. The number of carbonyl (C=O) groups is 1. The van der Waals surface area contributed by atoms with Crippen LogP contribution >= 0.6 is 0 Å². The van der Waals surface area contributed by atoms with E-state index in [1.165, 1.54) is 0 Å². The van der Waals surface area contributed by atoms with E-state index in [4.69, 9.17) is 5.73 Å². The van der Waals surface area contributed by atoms with Crippen LogP contribution in [0.25, 0.3) is 0 Å². The van der Waals surface area contributed by atoms with E-state index in [1.54, 1.807) is 0 Å². The Morgan fingerprint density at radius 1 is 1.35 bits per heavy atom. The van der Waals surface area contributed by atoms with Gasteiger partial charge in [-0.15, -0.1) is 5.10 Å². The lowest BCUT2D eigenvalue weighted by molar-refractivity contribution is 0.0741. The molecule has 1 aliphatic rings. The lowest BCUT2D eigenvalue weighted by atomic mass is 10.1. The zero-order valence-corrected chi connectivity index (χ0v) is 13.2. The molecule has 1 aromatic carbocycles. The minimum atomic E-state index is 0.0385. The third-order valence-corrected chi connectivity index (χ3v) is 4.09. The number of aromatic nitrogens is 2. The molecule has 1 atom stereocenters.